The molecular weight excluding hydrogens is 306 g/mol. The van der Waals surface area contributed by atoms with Crippen molar-refractivity contribution in [3.05, 3.63) is 18.3 Å². The normalized spacial score (nSPS) is 16.8. The highest BCUT2D eigenvalue weighted by Gasteiger charge is 2.19. The molecule has 0 aromatic carbocycles. The van der Waals surface area contributed by atoms with Crippen LogP contribution in [0.15, 0.2) is 23.2 Å². The van der Waals surface area contributed by atoms with Crippen molar-refractivity contribution in [2.75, 3.05) is 29.9 Å². The summed E-state index contributed by atoms with van der Waals surface area (Å²) in [5.74, 6) is 3.33. The zero-order valence-electron chi connectivity index (χ0n) is 12.3. The smallest absolute Gasteiger partial charge is 0.240 e. The van der Waals surface area contributed by atoms with E-state index in [0.717, 1.165) is 37.3 Å². The molecule has 2 N–H and O–H groups in total. The minimum atomic E-state index is -3.44. The second-order valence-electron chi connectivity index (χ2n) is 5.21. The molecule has 0 atom stereocenters. The van der Waals surface area contributed by atoms with E-state index >= 15 is 0 Å². The minimum absolute atomic E-state index is 0.279. The molecule has 1 aliphatic rings. The molecule has 21 heavy (non-hydrogen) atoms. The molecule has 5 nitrogen and oxygen atoms in total. The number of hydrogen-bond donors (Lipinski definition) is 2. The molecule has 1 aromatic rings. The fourth-order valence-corrected chi connectivity index (χ4v) is 4.52. The summed E-state index contributed by atoms with van der Waals surface area (Å²) in [5, 5.41) is 3.11. The highest BCUT2D eigenvalue weighted by Crippen LogP contribution is 2.22. The lowest BCUT2D eigenvalue weighted by Crippen LogP contribution is -2.31. The van der Waals surface area contributed by atoms with E-state index in [1.54, 1.807) is 6.07 Å². The quantitative estimate of drug-likeness (QED) is 0.803. The van der Waals surface area contributed by atoms with Crippen molar-refractivity contribution in [1.82, 2.24) is 9.71 Å². The number of rotatable bonds is 7. The maximum atomic E-state index is 12.3. The van der Waals surface area contributed by atoms with Gasteiger partial charge in [0.15, 0.2) is 0 Å². The molecule has 1 fully saturated rings. The SMILES string of the molecule is CCCNc1cc(S(=O)(=O)NCC2CCSCC2)ccn1. The van der Waals surface area contributed by atoms with Crippen LogP contribution in [0, 0.1) is 5.92 Å². The fraction of sp³-hybridized carbons (Fsp3) is 0.643. The average Bonchev–Trinajstić information content (AvgIpc) is 2.52. The Balaban J connectivity index is 1.97. The molecule has 0 saturated carbocycles. The van der Waals surface area contributed by atoms with Gasteiger partial charge in [0, 0.05) is 25.4 Å². The van der Waals surface area contributed by atoms with Gasteiger partial charge >= 0.3 is 0 Å². The first kappa shape index (κ1) is 16.6. The number of nitrogens with one attached hydrogen (secondary N) is 2. The van der Waals surface area contributed by atoms with Gasteiger partial charge in [-0.25, -0.2) is 18.1 Å². The van der Waals surface area contributed by atoms with Crippen LogP contribution in [0.1, 0.15) is 26.2 Å². The Labute approximate surface area is 131 Å². The second kappa shape index (κ2) is 8.00. The number of pyridine rings is 1. The lowest BCUT2D eigenvalue weighted by molar-refractivity contribution is 0.476. The molecular formula is C14H23N3O2S2. The molecule has 118 valence electrons. The van der Waals surface area contributed by atoms with E-state index in [4.69, 9.17) is 0 Å². The van der Waals surface area contributed by atoms with Crippen LogP contribution in [0.4, 0.5) is 5.82 Å². The molecule has 0 amide bonds. The summed E-state index contributed by atoms with van der Waals surface area (Å²) >= 11 is 1.94. The second-order valence-corrected chi connectivity index (χ2v) is 8.20. The Bertz CT molecular complexity index is 543. The first-order valence-corrected chi connectivity index (χ1v) is 10.0. The summed E-state index contributed by atoms with van der Waals surface area (Å²) in [6.07, 6.45) is 4.68. The number of sulfonamides is 1. The fourth-order valence-electron chi connectivity index (χ4n) is 2.19. The van der Waals surface area contributed by atoms with E-state index in [9.17, 15) is 8.42 Å². The van der Waals surface area contributed by atoms with Crippen LogP contribution < -0.4 is 10.0 Å². The van der Waals surface area contributed by atoms with E-state index < -0.39 is 10.0 Å². The molecule has 1 aliphatic heterocycles. The maximum Gasteiger partial charge on any atom is 0.240 e. The average molecular weight is 329 g/mol. The van der Waals surface area contributed by atoms with Crippen molar-refractivity contribution in [1.29, 1.82) is 0 Å². The summed E-state index contributed by atoms with van der Waals surface area (Å²) in [6, 6.07) is 3.13. The Morgan fingerprint density at radius 1 is 1.38 bits per heavy atom. The van der Waals surface area contributed by atoms with Crippen molar-refractivity contribution in [3.8, 4) is 0 Å². The van der Waals surface area contributed by atoms with Gasteiger partial charge in [-0.05, 0) is 42.8 Å². The van der Waals surface area contributed by atoms with Gasteiger partial charge in [-0.1, -0.05) is 6.92 Å². The van der Waals surface area contributed by atoms with E-state index in [1.165, 1.54) is 12.3 Å². The first-order valence-electron chi connectivity index (χ1n) is 7.39. The lowest BCUT2D eigenvalue weighted by Gasteiger charge is -2.21. The van der Waals surface area contributed by atoms with Crippen molar-refractivity contribution >= 4 is 27.6 Å². The van der Waals surface area contributed by atoms with Crippen molar-refractivity contribution in [2.45, 2.75) is 31.1 Å². The van der Waals surface area contributed by atoms with Crippen molar-refractivity contribution in [2.24, 2.45) is 5.92 Å². The highest BCUT2D eigenvalue weighted by molar-refractivity contribution is 7.99. The van der Waals surface area contributed by atoms with Gasteiger partial charge < -0.3 is 5.32 Å². The molecule has 2 heterocycles. The van der Waals surface area contributed by atoms with Gasteiger partial charge in [-0.2, -0.15) is 11.8 Å². The maximum absolute atomic E-state index is 12.3. The summed E-state index contributed by atoms with van der Waals surface area (Å²) in [4.78, 5) is 4.41. The molecule has 7 heteroatoms. The number of aromatic nitrogens is 1. The Hall–Kier alpha value is -0.790. The summed E-state index contributed by atoms with van der Waals surface area (Å²) < 4.78 is 27.4. The van der Waals surface area contributed by atoms with Crippen LogP contribution >= 0.6 is 11.8 Å². The molecule has 0 spiro atoms. The van der Waals surface area contributed by atoms with Gasteiger partial charge in [0.2, 0.25) is 10.0 Å². The zero-order chi connectivity index (χ0) is 15.1. The molecule has 0 unspecified atom stereocenters. The molecule has 0 bridgehead atoms. The van der Waals surface area contributed by atoms with Gasteiger partial charge in [-0.3, -0.25) is 0 Å². The van der Waals surface area contributed by atoms with Crippen molar-refractivity contribution < 1.29 is 8.42 Å². The van der Waals surface area contributed by atoms with Gasteiger partial charge in [0.05, 0.1) is 4.90 Å². The van der Waals surface area contributed by atoms with Crippen LogP contribution in [-0.2, 0) is 10.0 Å². The van der Waals surface area contributed by atoms with E-state index in [-0.39, 0.29) is 4.90 Å². The molecule has 0 radical (unpaired) electrons. The summed E-state index contributed by atoms with van der Waals surface area (Å²) in [6.45, 7) is 3.37. The topological polar surface area (TPSA) is 71.1 Å². The number of anilines is 1. The van der Waals surface area contributed by atoms with Crippen LogP contribution in [-0.4, -0.2) is 38.0 Å². The monoisotopic (exact) mass is 329 g/mol. The molecule has 0 aliphatic carbocycles. The predicted molar refractivity (Wildman–Crippen MR) is 88.3 cm³/mol. The van der Waals surface area contributed by atoms with Crippen LogP contribution in [0.5, 0.6) is 0 Å². The molecule has 1 aromatic heterocycles. The third-order valence-electron chi connectivity index (χ3n) is 3.50. The lowest BCUT2D eigenvalue weighted by atomic mass is 10.0. The largest absolute Gasteiger partial charge is 0.370 e. The number of thioether (sulfide) groups is 1. The van der Waals surface area contributed by atoms with Gasteiger partial charge in [0.1, 0.15) is 5.82 Å². The standard InChI is InChI=1S/C14H23N3O2S2/c1-2-6-15-14-10-13(3-7-16-14)21(18,19)17-11-12-4-8-20-9-5-12/h3,7,10,12,17H,2,4-6,8-9,11H2,1H3,(H,15,16). The van der Waals surface area contributed by atoms with Crippen LogP contribution in [0.25, 0.3) is 0 Å². The third kappa shape index (κ3) is 5.16. The minimum Gasteiger partial charge on any atom is -0.370 e. The van der Waals surface area contributed by atoms with Crippen LogP contribution in [0.2, 0.25) is 0 Å². The van der Waals surface area contributed by atoms with E-state index in [1.807, 2.05) is 11.8 Å². The Morgan fingerprint density at radius 3 is 2.86 bits per heavy atom. The Kier molecular flexibility index (Phi) is 6.32. The number of hydrogen-bond acceptors (Lipinski definition) is 5. The summed E-state index contributed by atoms with van der Waals surface area (Å²) in [5.41, 5.74) is 0. The Morgan fingerprint density at radius 2 is 2.14 bits per heavy atom. The number of nitrogens with zero attached hydrogens (tertiary/aromatic N) is 1. The third-order valence-corrected chi connectivity index (χ3v) is 5.97. The predicted octanol–water partition coefficient (Wildman–Crippen LogP) is 2.33. The summed E-state index contributed by atoms with van der Waals surface area (Å²) in [7, 11) is -3.44. The molecule has 1 saturated heterocycles. The van der Waals surface area contributed by atoms with Gasteiger partial charge in [0.25, 0.3) is 0 Å². The van der Waals surface area contributed by atoms with Gasteiger partial charge in [-0.15, -0.1) is 0 Å². The van der Waals surface area contributed by atoms with Crippen LogP contribution in [0.3, 0.4) is 0 Å². The van der Waals surface area contributed by atoms with Crippen molar-refractivity contribution in [3.63, 3.8) is 0 Å². The highest BCUT2D eigenvalue weighted by atomic mass is 32.2. The zero-order valence-corrected chi connectivity index (χ0v) is 14.0. The molecule has 2 rings (SSSR count). The first-order chi connectivity index (χ1) is 10.1. The van der Waals surface area contributed by atoms with E-state index in [0.29, 0.717) is 18.3 Å². The van der Waals surface area contributed by atoms with E-state index in [2.05, 4.69) is 21.9 Å².